The van der Waals surface area contributed by atoms with E-state index in [0.29, 0.717) is 25.3 Å². The molecule has 1 atom stereocenters. The smallest absolute Gasteiger partial charge is 0.269 e. The van der Waals surface area contributed by atoms with Gasteiger partial charge in [0.25, 0.3) is 5.91 Å². The minimum absolute atomic E-state index is 0.182. The van der Waals surface area contributed by atoms with E-state index in [0.717, 1.165) is 5.69 Å². The molecule has 0 spiro atoms. The number of aryl methyl sites for hydroxylation is 1. The van der Waals surface area contributed by atoms with E-state index in [4.69, 9.17) is 4.74 Å². The highest BCUT2D eigenvalue weighted by atomic mass is 16.5. The lowest BCUT2D eigenvalue weighted by Crippen LogP contribution is -2.41. The highest BCUT2D eigenvalue weighted by molar-refractivity contribution is 5.92. The molecule has 1 unspecified atom stereocenters. The number of hydrogen-bond donors (Lipinski definition) is 2. The van der Waals surface area contributed by atoms with Crippen LogP contribution < -0.4 is 5.32 Å². The maximum absolute atomic E-state index is 12.3. The van der Waals surface area contributed by atoms with Crippen LogP contribution in [0.1, 0.15) is 56.2 Å². The summed E-state index contributed by atoms with van der Waals surface area (Å²) in [6, 6.07) is 1.81. The van der Waals surface area contributed by atoms with Gasteiger partial charge in [0.2, 0.25) is 0 Å². The zero-order valence-corrected chi connectivity index (χ0v) is 13.6. The lowest BCUT2D eigenvalue weighted by molar-refractivity contribution is 0.0242. The molecule has 6 nitrogen and oxygen atoms in total. The molecule has 0 fully saturated rings. The Labute approximate surface area is 126 Å². The number of rotatable bonds is 8. The lowest BCUT2D eigenvalue weighted by Gasteiger charge is -2.23. The van der Waals surface area contributed by atoms with Gasteiger partial charge in [-0.05, 0) is 25.8 Å². The summed E-state index contributed by atoms with van der Waals surface area (Å²) < 4.78 is 6.64. The summed E-state index contributed by atoms with van der Waals surface area (Å²) in [7, 11) is 1.59. The number of ether oxygens (including phenoxy) is 1. The van der Waals surface area contributed by atoms with Crippen LogP contribution in [0, 0.1) is 0 Å². The van der Waals surface area contributed by atoms with Gasteiger partial charge < -0.3 is 15.2 Å². The van der Waals surface area contributed by atoms with Crippen LogP contribution in [0.15, 0.2) is 6.07 Å². The van der Waals surface area contributed by atoms with E-state index in [2.05, 4.69) is 10.4 Å². The van der Waals surface area contributed by atoms with Gasteiger partial charge in [0.05, 0.1) is 11.3 Å². The Bertz CT molecular complexity index is 467. The first-order valence-corrected chi connectivity index (χ1v) is 7.38. The SMILES string of the molecule is CCn1nc(C(C)C)cc1C(=O)NCC(C)(O)CCOC. The molecule has 6 heteroatoms. The fourth-order valence-electron chi connectivity index (χ4n) is 1.91. The van der Waals surface area contributed by atoms with Gasteiger partial charge >= 0.3 is 0 Å². The Kier molecular flexibility index (Phi) is 6.36. The normalized spacial score (nSPS) is 14.2. The van der Waals surface area contributed by atoms with E-state index in [1.54, 1.807) is 18.7 Å². The van der Waals surface area contributed by atoms with Gasteiger partial charge in [-0.25, -0.2) is 0 Å². The molecule has 0 aromatic carbocycles. The van der Waals surface area contributed by atoms with E-state index in [-0.39, 0.29) is 18.4 Å². The maximum atomic E-state index is 12.3. The molecule has 0 aliphatic carbocycles. The summed E-state index contributed by atoms with van der Waals surface area (Å²) in [5.74, 6) is 0.0584. The second-order valence-corrected chi connectivity index (χ2v) is 5.85. The van der Waals surface area contributed by atoms with Gasteiger partial charge in [0, 0.05) is 33.2 Å². The van der Waals surface area contributed by atoms with Crippen molar-refractivity contribution in [3.05, 3.63) is 17.5 Å². The van der Waals surface area contributed by atoms with Crippen LogP contribution in [0.3, 0.4) is 0 Å². The van der Waals surface area contributed by atoms with Crippen molar-refractivity contribution in [3.8, 4) is 0 Å². The number of amides is 1. The quantitative estimate of drug-likeness (QED) is 0.763. The number of aromatic nitrogens is 2. The molecule has 0 radical (unpaired) electrons. The summed E-state index contributed by atoms with van der Waals surface area (Å²) in [6.45, 7) is 8.98. The maximum Gasteiger partial charge on any atom is 0.269 e. The van der Waals surface area contributed by atoms with Crippen molar-refractivity contribution in [2.75, 3.05) is 20.3 Å². The zero-order chi connectivity index (χ0) is 16.0. The molecule has 0 bridgehead atoms. The van der Waals surface area contributed by atoms with Crippen molar-refractivity contribution in [2.24, 2.45) is 0 Å². The molecular weight excluding hydrogens is 270 g/mol. The minimum Gasteiger partial charge on any atom is -0.388 e. The fourth-order valence-corrected chi connectivity index (χ4v) is 1.91. The second-order valence-electron chi connectivity index (χ2n) is 5.85. The Morgan fingerprint density at radius 3 is 2.76 bits per heavy atom. The molecule has 0 saturated carbocycles. The Balaban J connectivity index is 2.71. The van der Waals surface area contributed by atoms with Crippen molar-refractivity contribution in [3.63, 3.8) is 0 Å². The zero-order valence-electron chi connectivity index (χ0n) is 13.6. The third kappa shape index (κ3) is 5.13. The molecule has 2 N–H and O–H groups in total. The monoisotopic (exact) mass is 297 g/mol. The third-order valence-electron chi connectivity index (χ3n) is 3.40. The molecule has 1 aromatic rings. The Hall–Kier alpha value is -1.40. The topological polar surface area (TPSA) is 76.4 Å². The number of aliphatic hydroxyl groups is 1. The molecule has 21 heavy (non-hydrogen) atoms. The molecule has 0 aliphatic rings. The van der Waals surface area contributed by atoms with Crippen molar-refractivity contribution in [2.45, 2.75) is 52.2 Å². The largest absolute Gasteiger partial charge is 0.388 e. The molecule has 120 valence electrons. The van der Waals surface area contributed by atoms with Gasteiger partial charge in [-0.1, -0.05) is 13.8 Å². The molecule has 0 saturated heterocycles. The molecular formula is C15H27N3O3. The van der Waals surface area contributed by atoms with Crippen molar-refractivity contribution in [1.29, 1.82) is 0 Å². The third-order valence-corrected chi connectivity index (χ3v) is 3.40. The molecule has 1 aromatic heterocycles. The predicted octanol–water partition coefficient (Wildman–Crippen LogP) is 1.54. The summed E-state index contributed by atoms with van der Waals surface area (Å²) in [5.41, 5.74) is 0.445. The molecule has 0 aliphatic heterocycles. The molecule has 1 heterocycles. The number of hydrogen-bond acceptors (Lipinski definition) is 4. The fraction of sp³-hybridized carbons (Fsp3) is 0.733. The Morgan fingerprint density at radius 1 is 1.57 bits per heavy atom. The second kappa shape index (κ2) is 7.56. The van der Waals surface area contributed by atoms with Crippen LogP contribution in [0.5, 0.6) is 0 Å². The van der Waals surface area contributed by atoms with Crippen LogP contribution in [0.4, 0.5) is 0 Å². The highest BCUT2D eigenvalue weighted by Crippen LogP contribution is 2.15. The van der Waals surface area contributed by atoms with E-state index in [1.807, 2.05) is 26.8 Å². The summed E-state index contributed by atoms with van der Waals surface area (Å²) in [4.78, 5) is 12.3. The van der Waals surface area contributed by atoms with E-state index in [1.165, 1.54) is 0 Å². The van der Waals surface area contributed by atoms with Gasteiger partial charge in [-0.3, -0.25) is 9.48 Å². The molecule has 1 rings (SSSR count). The first-order valence-electron chi connectivity index (χ1n) is 7.38. The van der Waals surface area contributed by atoms with Crippen molar-refractivity contribution < 1.29 is 14.6 Å². The number of carbonyl (C=O) groups excluding carboxylic acids is 1. The van der Waals surface area contributed by atoms with Gasteiger partial charge in [0.15, 0.2) is 0 Å². The first-order chi connectivity index (χ1) is 9.80. The summed E-state index contributed by atoms with van der Waals surface area (Å²) in [5, 5.41) is 17.3. The van der Waals surface area contributed by atoms with Crippen molar-refractivity contribution in [1.82, 2.24) is 15.1 Å². The van der Waals surface area contributed by atoms with E-state index < -0.39 is 5.60 Å². The standard InChI is InChI=1S/C15H27N3O3/c1-6-18-13(9-12(17-18)11(2)3)14(19)16-10-15(4,20)7-8-21-5/h9,11,20H,6-8,10H2,1-5H3,(H,16,19). The average Bonchev–Trinajstić information content (AvgIpc) is 2.87. The summed E-state index contributed by atoms with van der Waals surface area (Å²) in [6.07, 6.45) is 0.466. The predicted molar refractivity (Wildman–Crippen MR) is 81.4 cm³/mol. The van der Waals surface area contributed by atoms with Crippen LogP contribution in [0.2, 0.25) is 0 Å². The number of methoxy groups -OCH3 is 1. The van der Waals surface area contributed by atoms with Crippen LogP contribution in [-0.2, 0) is 11.3 Å². The van der Waals surface area contributed by atoms with Gasteiger partial charge in [-0.15, -0.1) is 0 Å². The average molecular weight is 297 g/mol. The van der Waals surface area contributed by atoms with Crippen LogP contribution in [-0.4, -0.2) is 46.7 Å². The van der Waals surface area contributed by atoms with Crippen LogP contribution in [0.25, 0.3) is 0 Å². The first kappa shape index (κ1) is 17.7. The number of nitrogens with one attached hydrogen (secondary N) is 1. The highest BCUT2D eigenvalue weighted by Gasteiger charge is 2.23. The summed E-state index contributed by atoms with van der Waals surface area (Å²) >= 11 is 0. The minimum atomic E-state index is -0.983. The van der Waals surface area contributed by atoms with Gasteiger partial charge in [-0.2, -0.15) is 5.10 Å². The van der Waals surface area contributed by atoms with E-state index >= 15 is 0 Å². The van der Waals surface area contributed by atoms with E-state index in [9.17, 15) is 9.90 Å². The van der Waals surface area contributed by atoms with Gasteiger partial charge in [0.1, 0.15) is 5.69 Å². The lowest BCUT2D eigenvalue weighted by atomic mass is 10.0. The number of carbonyl (C=O) groups is 1. The Morgan fingerprint density at radius 2 is 2.24 bits per heavy atom. The van der Waals surface area contributed by atoms with Crippen molar-refractivity contribution >= 4 is 5.91 Å². The van der Waals surface area contributed by atoms with Crippen LogP contribution >= 0.6 is 0 Å². The molecule has 1 amide bonds. The number of nitrogens with zero attached hydrogens (tertiary/aromatic N) is 2.